The summed E-state index contributed by atoms with van der Waals surface area (Å²) < 4.78 is 5.83. The van der Waals surface area contributed by atoms with E-state index < -0.39 is 0 Å². The number of morpholine rings is 1. The van der Waals surface area contributed by atoms with Crippen LogP contribution < -0.4 is 5.73 Å². The molecule has 4 heteroatoms. The van der Waals surface area contributed by atoms with Crippen molar-refractivity contribution in [1.29, 1.82) is 0 Å². The van der Waals surface area contributed by atoms with Crippen molar-refractivity contribution >= 4 is 11.3 Å². The Morgan fingerprint density at radius 3 is 2.35 bits per heavy atom. The van der Waals surface area contributed by atoms with Gasteiger partial charge in [-0.3, -0.25) is 4.90 Å². The summed E-state index contributed by atoms with van der Waals surface area (Å²) in [6.45, 7) is 13.7. The van der Waals surface area contributed by atoms with Crippen molar-refractivity contribution in [2.75, 3.05) is 19.6 Å². The Morgan fingerprint density at radius 2 is 1.90 bits per heavy atom. The lowest BCUT2D eigenvalue weighted by Crippen LogP contribution is -2.48. The van der Waals surface area contributed by atoms with E-state index in [1.165, 1.54) is 9.75 Å². The van der Waals surface area contributed by atoms with Gasteiger partial charge in [-0.25, -0.2) is 0 Å². The summed E-state index contributed by atoms with van der Waals surface area (Å²) in [5.74, 6) is 0. The van der Waals surface area contributed by atoms with E-state index in [-0.39, 0.29) is 17.6 Å². The van der Waals surface area contributed by atoms with E-state index >= 15 is 0 Å². The molecule has 1 aliphatic heterocycles. The first-order chi connectivity index (χ1) is 9.31. The van der Waals surface area contributed by atoms with Gasteiger partial charge in [0, 0.05) is 29.4 Å². The highest BCUT2D eigenvalue weighted by atomic mass is 32.1. The average Bonchev–Trinajstić information content (AvgIpc) is 2.77. The van der Waals surface area contributed by atoms with Crippen LogP contribution in [0.5, 0.6) is 0 Å². The maximum Gasteiger partial charge on any atom is 0.0678 e. The summed E-state index contributed by atoms with van der Waals surface area (Å²) in [5, 5.41) is 0. The fraction of sp³-hybridized carbons (Fsp3) is 0.750. The zero-order valence-electron chi connectivity index (χ0n) is 13.3. The van der Waals surface area contributed by atoms with Crippen LogP contribution in [0, 0.1) is 0 Å². The monoisotopic (exact) mass is 296 g/mol. The summed E-state index contributed by atoms with van der Waals surface area (Å²) in [4.78, 5) is 5.30. The van der Waals surface area contributed by atoms with Crippen LogP contribution in [0.1, 0.15) is 50.4 Å². The molecule has 3 nitrogen and oxygen atoms in total. The summed E-state index contributed by atoms with van der Waals surface area (Å²) >= 11 is 1.91. The lowest BCUT2D eigenvalue weighted by Gasteiger charge is -2.39. The minimum Gasteiger partial charge on any atom is -0.373 e. The number of nitrogens with zero attached hydrogens (tertiary/aromatic N) is 1. The molecule has 0 aliphatic carbocycles. The van der Waals surface area contributed by atoms with Crippen LogP contribution in [0.3, 0.4) is 0 Å². The van der Waals surface area contributed by atoms with Crippen molar-refractivity contribution in [2.45, 2.75) is 58.3 Å². The Morgan fingerprint density at radius 1 is 1.30 bits per heavy atom. The van der Waals surface area contributed by atoms with Crippen molar-refractivity contribution in [3.05, 3.63) is 21.9 Å². The fourth-order valence-corrected chi connectivity index (χ4v) is 4.07. The van der Waals surface area contributed by atoms with Crippen molar-refractivity contribution in [2.24, 2.45) is 5.73 Å². The molecule has 3 atom stereocenters. The molecule has 2 N–H and O–H groups in total. The second-order valence-electron chi connectivity index (χ2n) is 6.91. The summed E-state index contributed by atoms with van der Waals surface area (Å²) in [6, 6.07) is 4.84. The lowest BCUT2D eigenvalue weighted by molar-refractivity contribution is -0.0795. The van der Waals surface area contributed by atoms with Gasteiger partial charge in [-0.15, -0.1) is 11.3 Å². The van der Waals surface area contributed by atoms with E-state index in [0.29, 0.717) is 12.6 Å². The molecule has 114 valence electrons. The van der Waals surface area contributed by atoms with Crippen molar-refractivity contribution < 1.29 is 4.74 Å². The van der Waals surface area contributed by atoms with Gasteiger partial charge in [0.25, 0.3) is 0 Å². The van der Waals surface area contributed by atoms with Gasteiger partial charge in [0.15, 0.2) is 0 Å². The molecular formula is C16H28N2OS. The maximum absolute atomic E-state index is 6.07. The molecule has 0 spiro atoms. The molecule has 1 fully saturated rings. The smallest absolute Gasteiger partial charge is 0.0678 e. The van der Waals surface area contributed by atoms with Crippen molar-refractivity contribution in [1.82, 2.24) is 4.90 Å². The van der Waals surface area contributed by atoms with Crippen molar-refractivity contribution in [3.63, 3.8) is 0 Å². The maximum atomic E-state index is 6.07. The Bertz CT molecular complexity index is 428. The first-order valence-corrected chi connectivity index (χ1v) is 8.32. The van der Waals surface area contributed by atoms with Crippen LogP contribution in [-0.4, -0.2) is 36.7 Å². The number of ether oxygens (including phenoxy) is 1. The number of rotatable bonds is 3. The molecule has 20 heavy (non-hydrogen) atoms. The van der Waals surface area contributed by atoms with Crippen LogP contribution in [0.15, 0.2) is 12.1 Å². The van der Waals surface area contributed by atoms with Gasteiger partial charge < -0.3 is 10.5 Å². The standard InChI is InChI=1S/C16H28N2OS/c1-11-9-18(10-12(2)19-11)13(8-17)14-6-7-15(20-14)16(3,4)5/h6-7,11-13H,8-10,17H2,1-5H3. The third-order valence-corrected chi connectivity index (χ3v) is 5.42. The summed E-state index contributed by atoms with van der Waals surface area (Å²) in [5.41, 5.74) is 6.28. The van der Waals surface area contributed by atoms with Crippen LogP contribution in [0.4, 0.5) is 0 Å². The molecule has 0 radical (unpaired) electrons. The topological polar surface area (TPSA) is 38.5 Å². The van der Waals surface area contributed by atoms with Gasteiger partial charge >= 0.3 is 0 Å². The van der Waals surface area contributed by atoms with Gasteiger partial charge in [-0.1, -0.05) is 20.8 Å². The van der Waals surface area contributed by atoms with Crippen LogP contribution in [0.2, 0.25) is 0 Å². The van der Waals surface area contributed by atoms with Crippen molar-refractivity contribution in [3.8, 4) is 0 Å². The Balaban J connectivity index is 2.17. The summed E-state index contributed by atoms with van der Waals surface area (Å²) in [6.07, 6.45) is 0.574. The third kappa shape index (κ3) is 3.61. The zero-order valence-corrected chi connectivity index (χ0v) is 14.2. The van der Waals surface area contributed by atoms with Gasteiger partial charge in [-0.2, -0.15) is 0 Å². The predicted molar refractivity (Wildman–Crippen MR) is 86.4 cm³/mol. The zero-order chi connectivity index (χ0) is 14.9. The van der Waals surface area contributed by atoms with Crippen LogP contribution >= 0.6 is 11.3 Å². The normalized spacial score (nSPS) is 26.7. The van der Waals surface area contributed by atoms with E-state index in [1.807, 2.05) is 11.3 Å². The summed E-state index contributed by atoms with van der Waals surface area (Å²) in [7, 11) is 0. The number of hydrogen-bond acceptors (Lipinski definition) is 4. The SMILES string of the molecule is CC1CN(C(CN)c2ccc(C(C)(C)C)s2)CC(C)O1. The first kappa shape index (κ1) is 16.0. The number of nitrogens with two attached hydrogens (primary N) is 1. The Kier molecular flexibility index (Phi) is 4.90. The van der Waals surface area contributed by atoms with E-state index in [2.05, 4.69) is 51.7 Å². The largest absolute Gasteiger partial charge is 0.373 e. The highest BCUT2D eigenvalue weighted by Gasteiger charge is 2.29. The highest BCUT2D eigenvalue weighted by molar-refractivity contribution is 7.12. The van der Waals surface area contributed by atoms with E-state index in [4.69, 9.17) is 10.5 Å². The second-order valence-corrected chi connectivity index (χ2v) is 8.03. The molecule has 1 saturated heterocycles. The van der Waals surface area contributed by atoms with Crippen LogP contribution in [0.25, 0.3) is 0 Å². The molecule has 2 heterocycles. The van der Waals surface area contributed by atoms with E-state index in [0.717, 1.165) is 13.1 Å². The van der Waals surface area contributed by atoms with E-state index in [1.54, 1.807) is 0 Å². The van der Waals surface area contributed by atoms with E-state index in [9.17, 15) is 0 Å². The third-order valence-electron chi connectivity index (χ3n) is 3.81. The first-order valence-electron chi connectivity index (χ1n) is 7.51. The Hall–Kier alpha value is -0.420. The molecule has 1 aliphatic rings. The van der Waals surface area contributed by atoms with Crippen LogP contribution in [-0.2, 0) is 10.2 Å². The average molecular weight is 296 g/mol. The molecule has 3 unspecified atom stereocenters. The molecule has 0 aromatic carbocycles. The lowest BCUT2D eigenvalue weighted by atomic mass is 9.95. The highest BCUT2D eigenvalue weighted by Crippen LogP contribution is 2.34. The molecule has 0 saturated carbocycles. The minimum absolute atomic E-state index is 0.216. The minimum atomic E-state index is 0.216. The van der Waals surface area contributed by atoms with Gasteiger partial charge in [0.1, 0.15) is 0 Å². The second kappa shape index (κ2) is 6.14. The predicted octanol–water partition coefficient (Wildman–Crippen LogP) is 3.15. The molecule has 1 aromatic rings. The van der Waals surface area contributed by atoms with Gasteiger partial charge in [0.05, 0.1) is 18.2 Å². The van der Waals surface area contributed by atoms with Gasteiger partial charge in [-0.05, 0) is 31.4 Å². The fourth-order valence-electron chi connectivity index (χ4n) is 2.85. The number of thiophene rings is 1. The number of hydrogen-bond donors (Lipinski definition) is 1. The molecule has 1 aromatic heterocycles. The quantitative estimate of drug-likeness (QED) is 0.931. The molecular weight excluding hydrogens is 268 g/mol. The molecule has 2 rings (SSSR count). The Labute approximate surface area is 127 Å². The van der Waals surface area contributed by atoms with Gasteiger partial charge in [0.2, 0.25) is 0 Å². The molecule has 0 amide bonds. The molecule has 0 bridgehead atoms.